The van der Waals surface area contributed by atoms with Crippen molar-refractivity contribution in [1.82, 2.24) is 4.98 Å². The van der Waals surface area contributed by atoms with Gasteiger partial charge in [-0.05, 0) is 30.3 Å². The monoisotopic (exact) mass is 362 g/mol. The van der Waals surface area contributed by atoms with Crippen LogP contribution in [0.15, 0.2) is 52.5 Å². The van der Waals surface area contributed by atoms with Crippen molar-refractivity contribution >= 4 is 34.7 Å². The van der Waals surface area contributed by atoms with Gasteiger partial charge in [-0.15, -0.1) is 11.3 Å². The third kappa shape index (κ3) is 4.69. The van der Waals surface area contributed by atoms with Gasteiger partial charge in [0.25, 0.3) is 0 Å². The first-order valence-electron chi connectivity index (χ1n) is 7.32. The van der Waals surface area contributed by atoms with E-state index in [0.29, 0.717) is 17.9 Å². The zero-order valence-corrected chi connectivity index (χ0v) is 14.3. The molecule has 0 saturated carbocycles. The standard InChI is InChI=1S/C17H15FN2O2S2/c18-12-3-1-4-13(9-12)19-16(21)6-8-23-10-14-11-24-17(20-14)15-5-2-7-22-15/h1-5,7,9,11H,6,8,10H2,(H,19,21). The molecule has 0 atom stereocenters. The maximum atomic E-state index is 13.0. The lowest BCUT2D eigenvalue weighted by atomic mass is 10.3. The Morgan fingerprint density at radius 3 is 3.04 bits per heavy atom. The van der Waals surface area contributed by atoms with Crippen LogP contribution in [0.2, 0.25) is 0 Å². The zero-order chi connectivity index (χ0) is 16.8. The van der Waals surface area contributed by atoms with Crippen molar-refractivity contribution in [2.75, 3.05) is 11.1 Å². The van der Waals surface area contributed by atoms with Crippen LogP contribution >= 0.6 is 23.1 Å². The second-order valence-electron chi connectivity index (χ2n) is 4.98. The summed E-state index contributed by atoms with van der Waals surface area (Å²) in [7, 11) is 0. The molecule has 0 aliphatic carbocycles. The van der Waals surface area contributed by atoms with E-state index in [1.54, 1.807) is 41.5 Å². The van der Waals surface area contributed by atoms with E-state index in [1.807, 2.05) is 17.5 Å². The summed E-state index contributed by atoms with van der Waals surface area (Å²) in [5.41, 5.74) is 1.45. The summed E-state index contributed by atoms with van der Waals surface area (Å²) in [6.07, 6.45) is 2.00. The van der Waals surface area contributed by atoms with Gasteiger partial charge in [0, 0.05) is 29.0 Å². The highest BCUT2D eigenvalue weighted by atomic mass is 32.2. The topological polar surface area (TPSA) is 55.1 Å². The molecule has 7 heteroatoms. The van der Waals surface area contributed by atoms with E-state index in [4.69, 9.17) is 4.42 Å². The summed E-state index contributed by atoms with van der Waals surface area (Å²) in [5, 5.41) is 5.54. The van der Waals surface area contributed by atoms with Gasteiger partial charge in [0.05, 0.1) is 12.0 Å². The number of carbonyl (C=O) groups excluding carboxylic acids is 1. The SMILES string of the molecule is O=C(CCSCc1csc(-c2ccco2)n1)Nc1cccc(F)c1. The van der Waals surface area contributed by atoms with Crippen LogP contribution in [-0.4, -0.2) is 16.6 Å². The van der Waals surface area contributed by atoms with Crippen LogP contribution in [0.4, 0.5) is 10.1 Å². The summed E-state index contributed by atoms with van der Waals surface area (Å²) < 4.78 is 18.4. The predicted octanol–water partition coefficient (Wildman–Crippen LogP) is 4.80. The first kappa shape index (κ1) is 16.7. The Morgan fingerprint density at radius 2 is 2.25 bits per heavy atom. The van der Waals surface area contributed by atoms with Gasteiger partial charge < -0.3 is 9.73 Å². The number of hydrogen-bond acceptors (Lipinski definition) is 5. The first-order chi connectivity index (χ1) is 11.7. The van der Waals surface area contributed by atoms with Gasteiger partial charge in [0.1, 0.15) is 5.82 Å². The quantitative estimate of drug-likeness (QED) is 0.613. The second-order valence-corrected chi connectivity index (χ2v) is 6.95. The van der Waals surface area contributed by atoms with Crippen LogP contribution in [0.1, 0.15) is 12.1 Å². The Balaban J connectivity index is 1.40. The predicted molar refractivity (Wildman–Crippen MR) is 95.6 cm³/mol. The van der Waals surface area contributed by atoms with Crippen LogP contribution in [-0.2, 0) is 10.5 Å². The van der Waals surface area contributed by atoms with Gasteiger partial charge in [-0.25, -0.2) is 9.37 Å². The Labute approximate surface area is 147 Å². The molecule has 0 spiro atoms. The molecule has 1 aromatic carbocycles. The molecule has 4 nitrogen and oxygen atoms in total. The number of amides is 1. The normalized spacial score (nSPS) is 10.7. The van der Waals surface area contributed by atoms with E-state index >= 15 is 0 Å². The number of rotatable bonds is 7. The number of halogens is 1. The minimum absolute atomic E-state index is 0.123. The number of thiazole rings is 1. The van der Waals surface area contributed by atoms with Gasteiger partial charge in [-0.1, -0.05) is 6.07 Å². The molecule has 1 amide bonds. The van der Waals surface area contributed by atoms with Crippen molar-refractivity contribution in [3.8, 4) is 10.8 Å². The van der Waals surface area contributed by atoms with Crippen LogP contribution < -0.4 is 5.32 Å². The fraction of sp³-hybridized carbons (Fsp3) is 0.176. The van der Waals surface area contributed by atoms with Gasteiger partial charge >= 0.3 is 0 Å². The summed E-state index contributed by atoms with van der Waals surface area (Å²) >= 11 is 3.18. The lowest BCUT2D eigenvalue weighted by molar-refractivity contribution is -0.115. The fourth-order valence-corrected chi connectivity index (χ4v) is 3.74. The van der Waals surface area contributed by atoms with Crippen LogP contribution in [0.25, 0.3) is 10.8 Å². The highest BCUT2D eigenvalue weighted by molar-refractivity contribution is 7.98. The number of thioether (sulfide) groups is 1. The van der Waals surface area contributed by atoms with E-state index in [1.165, 1.54) is 12.1 Å². The Kier molecular flexibility index (Phi) is 5.66. The maximum absolute atomic E-state index is 13.0. The van der Waals surface area contributed by atoms with E-state index in [9.17, 15) is 9.18 Å². The van der Waals surface area contributed by atoms with E-state index in [-0.39, 0.29) is 11.7 Å². The number of benzene rings is 1. The van der Waals surface area contributed by atoms with Gasteiger partial charge in [0.15, 0.2) is 10.8 Å². The average Bonchev–Trinajstić information content (AvgIpc) is 3.23. The van der Waals surface area contributed by atoms with Crippen LogP contribution in [0.5, 0.6) is 0 Å². The summed E-state index contributed by atoms with van der Waals surface area (Å²) in [6, 6.07) is 9.60. The van der Waals surface area contributed by atoms with Crippen LogP contribution in [0, 0.1) is 5.82 Å². The second kappa shape index (κ2) is 8.12. The third-order valence-corrected chi connectivity index (χ3v) is 5.01. The number of nitrogens with zero attached hydrogens (tertiary/aromatic N) is 1. The number of nitrogens with one attached hydrogen (secondary N) is 1. The highest BCUT2D eigenvalue weighted by Crippen LogP contribution is 2.25. The minimum Gasteiger partial charge on any atom is -0.462 e. The van der Waals surface area contributed by atoms with Gasteiger partial charge in [-0.2, -0.15) is 11.8 Å². The molecule has 0 radical (unpaired) electrons. The molecule has 2 aromatic heterocycles. The summed E-state index contributed by atoms with van der Waals surface area (Å²) in [6.45, 7) is 0. The third-order valence-electron chi connectivity index (χ3n) is 3.12. The van der Waals surface area contributed by atoms with E-state index in [0.717, 1.165) is 22.2 Å². The molecule has 0 fully saturated rings. The molecule has 0 aliphatic heterocycles. The average molecular weight is 362 g/mol. The minimum atomic E-state index is -0.363. The number of anilines is 1. The van der Waals surface area contributed by atoms with Crippen molar-refractivity contribution in [3.63, 3.8) is 0 Å². The maximum Gasteiger partial charge on any atom is 0.225 e. The molecular weight excluding hydrogens is 347 g/mol. The molecule has 3 rings (SSSR count). The first-order valence-corrected chi connectivity index (χ1v) is 9.35. The number of carbonyl (C=O) groups is 1. The van der Waals surface area contributed by atoms with Gasteiger partial charge in [-0.3, -0.25) is 4.79 Å². The van der Waals surface area contributed by atoms with Crippen molar-refractivity contribution in [2.45, 2.75) is 12.2 Å². The lowest BCUT2D eigenvalue weighted by Crippen LogP contribution is -2.12. The molecule has 1 N–H and O–H groups in total. The number of aromatic nitrogens is 1. The van der Waals surface area contributed by atoms with E-state index in [2.05, 4.69) is 10.3 Å². The van der Waals surface area contributed by atoms with Crippen molar-refractivity contribution < 1.29 is 13.6 Å². The molecule has 0 bridgehead atoms. The molecule has 124 valence electrons. The van der Waals surface area contributed by atoms with Crippen molar-refractivity contribution in [2.24, 2.45) is 0 Å². The molecule has 24 heavy (non-hydrogen) atoms. The molecular formula is C17H15FN2O2S2. The zero-order valence-electron chi connectivity index (χ0n) is 12.7. The van der Waals surface area contributed by atoms with Gasteiger partial charge in [0.2, 0.25) is 5.91 Å². The number of furan rings is 1. The fourth-order valence-electron chi connectivity index (χ4n) is 2.02. The number of hydrogen-bond donors (Lipinski definition) is 1. The van der Waals surface area contributed by atoms with E-state index < -0.39 is 0 Å². The summed E-state index contributed by atoms with van der Waals surface area (Å²) in [4.78, 5) is 16.3. The lowest BCUT2D eigenvalue weighted by Gasteiger charge is -2.04. The van der Waals surface area contributed by atoms with Crippen LogP contribution in [0.3, 0.4) is 0 Å². The highest BCUT2D eigenvalue weighted by Gasteiger charge is 2.08. The van der Waals surface area contributed by atoms with Crippen molar-refractivity contribution in [3.05, 3.63) is 59.6 Å². The Morgan fingerprint density at radius 1 is 1.33 bits per heavy atom. The Hall–Kier alpha value is -2.12. The van der Waals surface area contributed by atoms with Crippen molar-refractivity contribution in [1.29, 1.82) is 0 Å². The Bertz CT molecular complexity index is 803. The molecule has 0 aliphatic rings. The molecule has 3 aromatic rings. The largest absolute Gasteiger partial charge is 0.462 e. The smallest absolute Gasteiger partial charge is 0.225 e. The molecule has 2 heterocycles. The molecule has 0 saturated heterocycles. The molecule has 0 unspecified atom stereocenters. The summed E-state index contributed by atoms with van der Waals surface area (Å²) in [5.74, 6) is 1.70.